The highest BCUT2D eigenvalue weighted by atomic mass is 32.1. The van der Waals surface area contributed by atoms with Crippen molar-refractivity contribution in [2.24, 2.45) is 0 Å². The Bertz CT molecular complexity index is 1350. The molecule has 6 nitrogen and oxygen atoms in total. The predicted molar refractivity (Wildman–Crippen MR) is 137 cm³/mol. The number of hydrogen-bond donors (Lipinski definition) is 1. The second-order valence-corrected chi connectivity index (χ2v) is 9.42. The molecule has 180 valence electrons. The van der Waals surface area contributed by atoms with Gasteiger partial charge in [-0.1, -0.05) is 25.1 Å². The second kappa shape index (κ2) is 10.5. The second-order valence-electron chi connectivity index (χ2n) is 8.37. The number of hydrogen-bond acceptors (Lipinski definition) is 6. The predicted octanol–water partition coefficient (Wildman–Crippen LogP) is 6.08. The molecular weight excluding hydrogens is 465 g/mol. The number of halogens is 1. The summed E-state index contributed by atoms with van der Waals surface area (Å²) in [5.41, 5.74) is 3.57. The molecule has 2 aromatic heterocycles. The first-order valence-electron chi connectivity index (χ1n) is 11.6. The standard InChI is InChI=1S/C27H26FN3O3S/c1-2-26(32)30-20-6-7-23(21(28)15-20)34-24-8-9-29-22-16-25(35-27(22)24)19-5-3-4-18(14-19)17-31-10-12-33-13-11-31/h3-9,14-16H,2,10-13,17H2,1H3,(H,30,32). The molecule has 3 heterocycles. The van der Waals surface area contributed by atoms with Crippen LogP contribution in [0.1, 0.15) is 18.9 Å². The number of nitrogens with one attached hydrogen (secondary N) is 1. The van der Waals surface area contributed by atoms with Gasteiger partial charge in [0, 0.05) is 54.9 Å². The van der Waals surface area contributed by atoms with Crippen molar-refractivity contribution in [3.05, 3.63) is 72.2 Å². The van der Waals surface area contributed by atoms with E-state index in [1.807, 2.05) is 6.07 Å². The summed E-state index contributed by atoms with van der Waals surface area (Å²) in [4.78, 5) is 19.5. The van der Waals surface area contributed by atoms with Crippen LogP contribution in [0.5, 0.6) is 11.5 Å². The fourth-order valence-electron chi connectivity index (χ4n) is 4.01. The Labute approximate surface area is 207 Å². The molecule has 0 atom stereocenters. The zero-order chi connectivity index (χ0) is 24.2. The summed E-state index contributed by atoms with van der Waals surface area (Å²) in [5.74, 6) is -0.0834. The van der Waals surface area contributed by atoms with Crippen LogP contribution < -0.4 is 10.1 Å². The van der Waals surface area contributed by atoms with E-state index >= 15 is 0 Å². The molecule has 4 aromatic rings. The van der Waals surface area contributed by atoms with Crippen molar-refractivity contribution >= 4 is 33.1 Å². The fourth-order valence-corrected chi connectivity index (χ4v) is 5.07. The lowest BCUT2D eigenvalue weighted by molar-refractivity contribution is -0.115. The van der Waals surface area contributed by atoms with Crippen LogP contribution >= 0.6 is 11.3 Å². The zero-order valence-corrected chi connectivity index (χ0v) is 20.2. The van der Waals surface area contributed by atoms with Crippen LogP contribution in [-0.4, -0.2) is 42.1 Å². The van der Waals surface area contributed by atoms with Crippen molar-refractivity contribution in [3.63, 3.8) is 0 Å². The van der Waals surface area contributed by atoms with Gasteiger partial charge in [-0.3, -0.25) is 14.7 Å². The molecule has 0 saturated carbocycles. The SMILES string of the molecule is CCC(=O)Nc1ccc(Oc2ccnc3cc(-c4cccc(CN5CCOCC5)c4)sc23)c(F)c1. The highest BCUT2D eigenvalue weighted by molar-refractivity contribution is 7.22. The lowest BCUT2D eigenvalue weighted by Gasteiger charge is -2.26. The van der Waals surface area contributed by atoms with Crippen molar-refractivity contribution in [1.82, 2.24) is 9.88 Å². The molecule has 1 saturated heterocycles. The Balaban J connectivity index is 1.38. The molecule has 0 radical (unpaired) electrons. The third-order valence-electron chi connectivity index (χ3n) is 5.85. The van der Waals surface area contributed by atoms with E-state index in [-0.39, 0.29) is 11.7 Å². The summed E-state index contributed by atoms with van der Waals surface area (Å²) < 4.78 is 26.9. The van der Waals surface area contributed by atoms with Gasteiger partial charge in [0.25, 0.3) is 0 Å². The molecule has 35 heavy (non-hydrogen) atoms. The minimum absolute atomic E-state index is 0.0921. The minimum Gasteiger partial charge on any atom is -0.453 e. The average molecular weight is 492 g/mol. The molecule has 1 aliphatic rings. The van der Waals surface area contributed by atoms with Crippen molar-refractivity contribution in [2.75, 3.05) is 31.6 Å². The number of amides is 1. The van der Waals surface area contributed by atoms with Crippen LogP contribution in [0.2, 0.25) is 0 Å². The molecule has 1 fully saturated rings. The number of nitrogens with zero attached hydrogens (tertiary/aromatic N) is 2. The maximum atomic E-state index is 14.7. The first-order valence-corrected chi connectivity index (χ1v) is 12.5. The molecule has 0 aliphatic carbocycles. The van der Waals surface area contributed by atoms with Gasteiger partial charge in [0.05, 0.1) is 23.4 Å². The van der Waals surface area contributed by atoms with Crippen molar-refractivity contribution < 1.29 is 18.7 Å². The van der Waals surface area contributed by atoms with E-state index < -0.39 is 5.82 Å². The van der Waals surface area contributed by atoms with E-state index in [9.17, 15) is 9.18 Å². The molecule has 0 bridgehead atoms. The van der Waals surface area contributed by atoms with Gasteiger partial charge in [-0.15, -0.1) is 11.3 Å². The summed E-state index contributed by atoms with van der Waals surface area (Å²) in [5, 5.41) is 2.65. The first kappa shape index (κ1) is 23.4. The number of carbonyl (C=O) groups excluding carboxylic acids is 1. The lowest BCUT2D eigenvalue weighted by atomic mass is 10.1. The summed E-state index contributed by atoms with van der Waals surface area (Å²) >= 11 is 1.57. The van der Waals surface area contributed by atoms with Gasteiger partial charge in [-0.25, -0.2) is 4.39 Å². The monoisotopic (exact) mass is 491 g/mol. The number of benzene rings is 2. The minimum atomic E-state index is -0.545. The summed E-state index contributed by atoms with van der Waals surface area (Å²) in [6.07, 6.45) is 1.99. The summed E-state index contributed by atoms with van der Waals surface area (Å²) in [6.45, 7) is 6.08. The van der Waals surface area contributed by atoms with E-state index in [1.165, 1.54) is 17.7 Å². The molecule has 2 aromatic carbocycles. The highest BCUT2D eigenvalue weighted by Gasteiger charge is 2.15. The Hall–Kier alpha value is -3.33. The van der Waals surface area contributed by atoms with Gasteiger partial charge in [0.2, 0.25) is 5.91 Å². The Morgan fingerprint density at radius 1 is 1.14 bits per heavy atom. The van der Waals surface area contributed by atoms with E-state index in [0.29, 0.717) is 17.9 Å². The molecule has 8 heteroatoms. The van der Waals surface area contributed by atoms with Crippen LogP contribution in [0.4, 0.5) is 10.1 Å². The van der Waals surface area contributed by atoms with Gasteiger partial charge < -0.3 is 14.8 Å². The zero-order valence-electron chi connectivity index (χ0n) is 19.4. The van der Waals surface area contributed by atoms with Crippen molar-refractivity contribution in [2.45, 2.75) is 19.9 Å². The Kier molecular flexibility index (Phi) is 7.03. The number of anilines is 1. The average Bonchev–Trinajstić information content (AvgIpc) is 3.32. The molecular formula is C27H26FN3O3S. The molecule has 5 rings (SSSR count). The number of fused-ring (bicyclic) bond motifs is 1. The van der Waals surface area contributed by atoms with E-state index in [0.717, 1.165) is 53.5 Å². The number of carbonyl (C=O) groups is 1. The van der Waals surface area contributed by atoms with E-state index in [1.54, 1.807) is 36.6 Å². The van der Waals surface area contributed by atoms with Crippen LogP contribution in [-0.2, 0) is 16.1 Å². The number of ether oxygens (including phenoxy) is 2. The van der Waals surface area contributed by atoms with Crippen LogP contribution in [0.25, 0.3) is 20.7 Å². The van der Waals surface area contributed by atoms with E-state index in [4.69, 9.17) is 9.47 Å². The van der Waals surface area contributed by atoms with Gasteiger partial charge in [0.15, 0.2) is 11.6 Å². The quantitative estimate of drug-likeness (QED) is 0.340. The Morgan fingerprint density at radius 2 is 2.00 bits per heavy atom. The van der Waals surface area contributed by atoms with Crippen LogP contribution in [0.3, 0.4) is 0 Å². The summed E-state index contributed by atoms with van der Waals surface area (Å²) in [6, 6.07) is 16.7. The summed E-state index contributed by atoms with van der Waals surface area (Å²) in [7, 11) is 0. The molecule has 1 N–H and O–H groups in total. The number of morpholine rings is 1. The maximum absolute atomic E-state index is 14.7. The number of aromatic nitrogens is 1. The third kappa shape index (κ3) is 5.51. The third-order valence-corrected chi connectivity index (χ3v) is 7.04. The molecule has 0 spiro atoms. The van der Waals surface area contributed by atoms with Gasteiger partial charge >= 0.3 is 0 Å². The smallest absolute Gasteiger partial charge is 0.224 e. The topological polar surface area (TPSA) is 63.7 Å². The van der Waals surface area contributed by atoms with E-state index in [2.05, 4.69) is 39.5 Å². The number of pyridine rings is 1. The maximum Gasteiger partial charge on any atom is 0.224 e. The van der Waals surface area contributed by atoms with Crippen molar-refractivity contribution in [3.8, 4) is 21.9 Å². The largest absolute Gasteiger partial charge is 0.453 e. The number of thiophene rings is 1. The van der Waals surface area contributed by atoms with Crippen LogP contribution in [0, 0.1) is 5.82 Å². The lowest BCUT2D eigenvalue weighted by Crippen LogP contribution is -2.35. The van der Waals surface area contributed by atoms with Gasteiger partial charge in [0.1, 0.15) is 5.75 Å². The molecule has 1 aliphatic heterocycles. The molecule has 1 amide bonds. The van der Waals surface area contributed by atoms with Crippen LogP contribution in [0.15, 0.2) is 60.8 Å². The molecule has 0 unspecified atom stereocenters. The Morgan fingerprint density at radius 3 is 2.80 bits per heavy atom. The fraction of sp³-hybridized carbons (Fsp3) is 0.259. The van der Waals surface area contributed by atoms with Crippen molar-refractivity contribution in [1.29, 1.82) is 0 Å². The highest BCUT2D eigenvalue weighted by Crippen LogP contribution is 2.40. The van der Waals surface area contributed by atoms with Gasteiger partial charge in [-0.05, 0) is 35.4 Å². The number of rotatable bonds is 7. The van der Waals surface area contributed by atoms with Gasteiger partial charge in [-0.2, -0.15) is 0 Å². The first-order chi connectivity index (χ1) is 17.1. The normalized spacial score (nSPS) is 14.2.